The van der Waals surface area contributed by atoms with Gasteiger partial charge in [-0.15, -0.1) is 0 Å². The highest BCUT2D eigenvalue weighted by molar-refractivity contribution is 9.10. The molecule has 106 valence electrons. The van der Waals surface area contributed by atoms with Crippen molar-refractivity contribution in [3.63, 3.8) is 0 Å². The third-order valence-electron chi connectivity index (χ3n) is 3.15. The maximum Gasteiger partial charge on any atom is 0.0642 e. The summed E-state index contributed by atoms with van der Waals surface area (Å²) in [4.78, 5) is 2.19. The molecule has 0 spiro atoms. The van der Waals surface area contributed by atoms with Crippen LogP contribution in [0.3, 0.4) is 0 Å². The monoisotopic (exact) mass is 352 g/mol. The van der Waals surface area contributed by atoms with E-state index in [9.17, 15) is 0 Å². The minimum atomic E-state index is 0.789. The lowest BCUT2D eigenvalue weighted by molar-refractivity contribution is 0.805. The molecule has 0 radical (unpaired) electrons. The largest absolute Gasteiger partial charge is 0.369 e. The zero-order chi connectivity index (χ0) is 14.5. The normalized spacial score (nSPS) is 10.6. The zero-order valence-corrected chi connectivity index (χ0v) is 14.0. The Labute approximate surface area is 133 Å². The van der Waals surface area contributed by atoms with Crippen molar-refractivity contribution in [1.29, 1.82) is 0 Å². The molecule has 20 heavy (non-hydrogen) atoms. The first kappa shape index (κ1) is 15.4. The molecule has 0 amide bonds. The van der Waals surface area contributed by atoms with Crippen LogP contribution in [0.15, 0.2) is 46.9 Å². The van der Waals surface area contributed by atoms with E-state index < -0.39 is 0 Å². The predicted molar refractivity (Wildman–Crippen MR) is 90.5 cm³/mol. The second kappa shape index (κ2) is 7.11. The lowest BCUT2D eigenvalue weighted by Gasteiger charge is -2.24. The summed E-state index contributed by atoms with van der Waals surface area (Å²) >= 11 is 9.83. The SMILES string of the molecule is CNCc1cccc(Cl)c1N(C)Cc1ccc(Br)cc1. The lowest BCUT2D eigenvalue weighted by Crippen LogP contribution is -2.20. The first-order valence-electron chi connectivity index (χ1n) is 6.49. The van der Waals surface area contributed by atoms with E-state index in [0.717, 1.165) is 28.3 Å². The van der Waals surface area contributed by atoms with Crippen LogP contribution in [0.1, 0.15) is 11.1 Å². The van der Waals surface area contributed by atoms with Crippen LogP contribution < -0.4 is 10.2 Å². The molecule has 0 aliphatic rings. The number of rotatable bonds is 5. The van der Waals surface area contributed by atoms with Crippen molar-refractivity contribution >= 4 is 33.2 Å². The summed E-state index contributed by atoms with van der Waals surface area (Å²) in [6.07, 6.45) is 0. The van der Waals surface area contributed by atoms with Crippen LogP contribution in [0, 0.1) is 0 Å². The molecule has 0 aliphatic carbocycles. The summed E-state index contributed by atoms with van der Waals surface area (Å²) < 4.78 is 1.09. The summed E-state index contributed by atoms with van der Waals surface area (Å²) in [5, 5.41) is 3.98. The second-order valence-electron chi connectivity index (χ2n) is 4.76. The molecule has 0 fully saturated rings. The van der Waals surface area contributed by atoms with Gasteiger partial charge in [-0.25, -0.2) is 0 Å². The van der Waals surface area contributed by atoms with E-state index in [2.05, 4.69) is 63.5 Å². The topological polar surface area (TPSA) is 15.3 Å². The highest BCUT2D eigenvalue weighted by Gasteiger charge is 2.11. The van der Waals surface area contributed by atoms with Crippen LogP contribution >= 0.6 is 27.5 Å². The number of para-hydroxylation sites is 1. The van der Waals surface area contributed by atoms with Crippen LogP contribution in [0.25, 0.3) is 0 Å². The summed E-state index contributed by atoms with van der Waals surface area (Å²) in [5.74, 6) is 0. The van der Waals surface area contributed by atoms with Gasteiger partial charge < -0.3 is 10.2 Å². The van der Waals surface area contributed by atoms with E-state index in [1.54, 1.807) is 0 Å². The number of nitrogens with one attached hydrogen (secondary N) is 1. The van der Waals surface area contributed by atoms with Crippen molar-refractivity contribution in [3.8, 4) is 0 Å². The van der Waals surface area contributed by atoms with Gasteiger partial charge in [0.15, 0.2) is 0 Å². The Morgan fingerprint density at radius 2 is 1.85 bits per heavy atom. The van der Waals surface area contributed by atoms with Crippen LogP contribution in [-0.2, 0) is 13.1 Å². The molecule has 0 aromatic heterocycles. The van der Waals surface area contributed by atoms with Gasteiger partial charge in [0.25, 0.3) is 0 Å². The van der Waals surface area contributed by atoms with Crippen molar-refractivity contribution in [2.75, 3.05) is 19.0 Å². The van der Waals surface area contributed by atoms with Crippen molar-refractivity contribution in [2.24, 2.45) is 0 Å². The van der Waals surface area contributed by atoms with Crippen molar-refractivity contribution in [1.82, 2.24) is 5.32 Å². The summed E-state index contributed by atoms with van der Waals surface area (Å²) in [6.45, 7) is 1.63. The standard InChI is InChI=1S/C16H18BrClN2/c1-19-10-13-4-3-5-15(18)16(13)20(2)11-12-6-8-14(17)9-7-12/h3-9,19H,10-11H2,1-2H3. The third kappa shape index (κ3) is 3.75. The molecule has 2 aromatic carbocycles. The average Bonchev–Trinajstić information content (AvgIpc) is 2.42. The first-order valence-corrected chi connectivity index (χ1v) is 7.66. The Morgan fingerprint density at radius 1 is 1.15 bits per heavy atom. The number of halogens is 2. The minimum Gasteiger partial charge on any atom is -0.369 e. The highest BCUT2D eigenvalue weighted by Crippen LogP contribution is 2.30. The van der Waals surface area contributed by atoms with Crippen LogP contribution in [0.4, 0.5) is 5.69 Å². The Hall–Kier alpha value is -1.03. The van der Waals surface area contributed by atoms with Gasteiger partial charge in [0.2, 0.25) is 0 Å². The Morgan fingerprint density at radius 3 is 2.50 bits per heavy atom. The van der Waals surface area contributed by atoms with Crippen LogP contribution in [-0.4, -0.2) is 14.1 Å². The molecule has 1 N–H and O–H groups in total. The number of benzene rings is 2. The Bertz CT molecular complexity index is 569. The maximum atomic E-state index is 6.37. The molecule has 0 heterocycles. The van der Waals surface area contributed by atoms with Gasteiger partial charge in [-0.1, -0.05) is 51.8 Å². The molecule has 0 unspecified atom stereocenters. The van der Waals surface area contributed by atoms with Gasteiger partial charge in [-0.2, -0.15) is 0 Å². The predicted octanol–water partition coefficient (Wildman–Crippen LogP) is 4.46. The highest BCUT2D eigenvalue weighted by atomic mass is 79.9. The quantitative estimate of drug-likeness (QED) is 0.854. The number of hydrogen-bond donors (Lipinski definition) is 1. The Balaban J connectivity index is 2.24. The molecule has 0 saturated carbocycles. The van der Waals surface area contributed by atoms with Crippen LogP contribution in [0.2, 0.25) is 5.02 Å². The average molecular weight is 354 g/mol. The maximum absolute atomic E-state index is 6.37. The fourth-order valence-corrected chi connectivity index (χ4v) is 2.87. The summed E-state index contributed by atoms with van der Waals surface area (Å²) in [6, 6.07) is 14.4. The van der Waals surface area contributed by atoms with E-state index in [0.29, 0.717) is 0 Å². The molecule has 2 aromatic rings. The van der Waals surface area contributed by atoms with Crippen LogP contribution in [0.5, 0.6) is 0 Å². The van der Waals surface area contributed by atoms with Crippen molar-refractivity contribution < 1.29 is 0 Å². The van der Waals surface area contributed by atoms with E-state index >= 15 is 0 Å². The fraction of sp³-hybridized carbons (Fsp3) is 0.250. The molecule has 0 bridgehead atoms. The van der Waals surface area contributed by atoms with Gasteiger partial charge in [-0.3, -0.25) is 0 Å². The summed E-state index contributed by atoms with van der Waals surface area (Å²) in [5.41, 5.74) is 3.55. The lowest BCUT2D eigenvalue weighted by atomic mass is 10.1. The molecule has 0 aliphatic heterocycles. The molecular formula is C16H18BrClN2. The van der Waals surface area contributed by atoms with Gasteiger partial charge in [-0.05, 0) is 36.4 Å². The molecular weight excluding hydrogens is 336 g/mol. The number of hydrogen-bond acceptors (Lipinski definition) is 2. The smallest absolute Gasteiger partial charge is 0.0642 e. The van der Waals surface area contributed by atoms with Gasteiger partial charge >= 0.3 is 0 Å². The van der Waals surface area contributed by atoms with Gasteiger partial charge in [0.1, 0.15) is 0 Å². The molecule has 4 heteroatoms. The van der Waals surface area contributed by atoms with Gasteiger partial charge in [0, 0.05) is 24.6 Å². The molecule has 0 saturated heterocycles. The molecule has 2 rings (SSSR count). The Kier molecular flexibility index (Phi) is 5.46. The molecule has 2 nitrogen and oxygen atoms in total. The van der Waals surface area contributed by atoms with Gasteiger partial charge in [0.05, 0.1) is 10.7 Å². The summed E-state index contributed by atoms with van der Waals surface area (Å²) in [7, 11) is 4.02. The minimum absolute atomic E-state index is 0.789. The second-order valence-corrected chi connectivity index (χ2v) is 6.08. The number of anilines is 1. The third-order valence-corrected chi connectivity index (χ3v) is 3.99. The first-order chi connectivity index (χ1) is 9.61. The number of nitrogens with zero attached hydrogens (tertiary/aromatic N) is 1. The van der Waals surface area contributed by atoms with E-state index in [-0.39, 0.29) is 0 Å². The zero-order valence-electron chi connectivity index (χ0n) is 11.7. The fourth-order valence-electron chi connectivity index (χ4n) is 2.26. The van der Waals surface area contributed by atoms with Crippen molar-refractivity contribution in [3.05, 3.63) is 63.1 Å². The van der Waals surface area contributed by atoms with E-state index in [1.165, 1.54) is 11.1 Å². The van der Waals surface area contributed by atoms with E-state index in [1.807, 2.05) is 19.2 Å². The molecule has 0 atom stereocenters. The van der Waals surface area contributed by atoms with Crippen molar-refractivity contribution in [2.45, 2.75) is 13.1 Å². The van der Waals surface area contributed by atoms with E-state index in [4.69, 9.17) is 11.6 Å².